The molecule has 1 aliphatic rings. The van der Waals surface area contributed by atoms with Crippen molar-refractivity contribution >= 4 is 45.5 Å². The van der Waals surface area contributed by atoms with E-state index in [4.69, 9.17) is 16.3 Å². The number of halogens is 1. The Balaban J connectivity index is 1.91. The van der Waals surface area contributed by atoms with Crippen LogP contribution in [0.2, 0.25) is 5.02 Å². The van der Waals surface area contributed by atoms with Crippen molar-refractivity contribution in [3.63, 3.8) is 0 Å². The number of carbonyl (C=O) groups excluding carboxylic acids is 2. The van der Waals surface area contributed by atoms with Crippen LogP contribution >= 0.6 is 22.9 Å². The maximum absolute atomic E-state index is 13.0. The van der Waals surface area contributed by atoms with Gasteiger partial charge in [-0.05, 0) is 48.9 Å². The molecule has 2 heterocycles. The van der Waals surface area contributed by atoms with Gasteiger partial charge in [0.25, 0.3) is 5.78 Å². The summed E-state index contributed by atoms with van der Waals surface area (Å²) in [6.07, 6.45) is 0. The average molecular weight is 442 g/mol. The molecule has 1 amide bonds. The van der Waals surface area contributed by atoms with Crippen molar-refractivity contribution in [3.05, 3.63) is 75.3 Å². The summed E-state index contributed by atoms with van der Waals surface area (Å²) in [6, 6.07) is 12.4. The van der Waals surface area contributed by atoms with E-state index in [1.165, 1.54) is 23.3 Å². The average Bonchev–Trinajstić information content (AvgIpc) is 3.29. The number of amides is 1. The van der Waals surface area contributed by atoms with E-state index in [1.54, 1.807) is 55.5 Å². The van der Waals surface area contributed by atoms with Gasteiger partial charge in [-0.15, -0.1) is 10.2 Å². The Kier molecular flexibility index (Phi) is 5.27. The molecule has 1 N–H and O–H groups in total. The quantitative estimate of drug-likeness (QED) is 0.371. The standard InChI is InChI=1S/C21H16ClN3O4S/c1-11-23-24-21(30-11)25-17(12-3-7-14(22)8-4-12)16(19(27)20(25)28)18(26)13-5-9-15(29-2)10-6-13/h3-10,17,26H,1-2H3/t17-/m1/s1. The second-order valence-corrected chi connectivity index (χ2v) is 8.15. The van der Waals surface area contributed by atoms with Crippen molar-refractivity contribution in [3.8, 4) is 5.75 Å². The van der Waals surface area contributed by atoms with E-state index in [0.717, 1.165) is 0 Å². The molecule has 1 atom stereocenters. The first-order valence-corrected chi connectivity index (χ1v) is 10.1. The zero-order valence-electron chi connectivity index (χ0n) is 16.0. The predicted octanol–water partition coefficient (Wildman–Crippen LogP) is 4.13. The number of carbonyl (C=O) groups is 2. The summed E-state index contributed by atoms with van der Waals surface area (Å²) in [5.74, 6) is -1.25. The van der Waals surface area contributed by atoms with Crippen molar-refractivity contribution in [2.24, 2.45) is 0 Å². The second kappa shape index (κ2) is 7.89. The second-order valence-electron chi connectivity index (χ2n) is 6.55. The highest BCUT2D eigenvalue weighted by Crippen LogP contribution is 2.43. The molecule has 1 fully saturated rings. The fourth-order valence-corrected chi connectivity index (χ4v) is 4.12. The Hall–Kier alpha value is -3.23. The number of hydrogen-bond donors (Lipinski definition) is 1. The Labute approximate surface area is 181 Å². The number of aliphatic hydroxyl groups is 1. The van der Waals surface area contributed by atoms with E-state index in [9.17, 15) is 14.7 Å². The number of ketones is 1. The lowest BCUT2D eigenvalue weighted by atomic mass is 9.95. The lowest BCUT2D eigenvalue weighted by molar-refractivity contribution is -0.132. The summed E-state index contributed by atoms with van der Waals surface area (Å²) in [5.41, 5.74) is 0.975. The van der Waals surface area contributed by atoms with Crippen LogP contribution in [0.15, 0.2) is 54.1 Å². The number of methoxy groups -OCH3 is 1. The van der Waals surface area contributed by atoms with Crippen LogP contribution < -0.4 is 9.64 Å². The summed E-state index contributed by atoms with van der Waals surface area (Å²) in [6.45, 7) is 1.76. The van der Waals surface area contributed by atoms with Crippen molar-refractivity contribution in [2.45, 2.75) is 13.0 Å². The van der Waals surface area contributed by atoms with Gasteiger partial charge in [0.1, 0.15) is 16.5 Å². The fourth-order valence-electron chi connectivity index (χ4n) is 3.28. The lowest BCUT2D eigenvalue weighted by Gasteiger charge is -2.22. The molecule has 1 aromatic heterocycles. The first-order chi connectivity index (χ1) is 14.4. The minimum atomic E-state index is -0.864. The summed E-state index contributed by atoms with van der Waals surface area (Å²) in [5, 5.41) is 20.5. The highest BCUT2D eigenvalue weighted by molar-refractivity contribution is 7.15. The number of nitrogens with zero attached hydrogens (tertiary/aromatic N) is 3. The number of anilines is 1. The largest absolute Gasteiger partial charge is 0.507 e. The van der Waals surface area contributed by atoms with Crippen molar-refractivity contribution in [1.29, 1.82) is 0 Å². The van der Waals surface area contributed by atoms with Gasteiger partial charge >= 0.3 is 5.91 Å². The van der Waals surface area contributed by atoms with Crippen LogP contribution in [0.5, 0.6) is 5.75 Å². The maximum Gasteiger partial charge on any atom is 0.301 e. The third kappa shape index (κ3) is 3.44. The molecule has 1 aliphatic heterocycles. The van der Waals surface area contributed by atoms with E-state index in [-0.39, 0.29) is 16.5 Å². The first kappa shape index (κ1) is 20.1. The summed E-state index contributed by atoms with van der Waals surface area (Å²) in [7, 11) is 1.53. The number of aryl methyl sites for hydroxylation is 1. The van der Waals surface area contributed by atoms with Crippen LogP contribution in [0.4, 0.5) is 5.13 Å². The molecule has 152 valence electrons. The number of aromatic nitrogens is 2. The first-order valence-electron chi connectivity index (χ1n) is 8.91. The van der Waals surface area contributed by atoms with Gasteiger partial charge < -0.3 is 9.84 Å². The molecule has 0 saturated carbocycles. The van der Waals surface area contributed by atoms with Crippen molar-refractivity contribution < 1.29 is 19.4 Å². The maximum atomic E-state index is 13.0. The van der Waals surface area contributed by atoms with Crippen LogP contribution in [0.3, 0.4) is 0 Å². The summed E-state index contributed by atoms with van der Waals surface area (Å²) < 4.78 is 5.14. The van der Waals surface area contributed by atoms with E-state index in [0.29, 0.717) is 26.9 Å². The molecule has 0 unspecified atom stereocenters. The van der Waals surface area contributed by atoms with E-state index < -0.39 is 17.7 Å². The summed E-state index contributed by atoms with van der Waals surface area (Å²) >= 11 is 7.21. The Bertz CT molecular complexity index is 1160. The highest BCUT2D eigenvalue weighted by Gasteiger charge is 2.48. The topological polar surface area (TPSA) is 92.6 Å². The predicted molar refractivity (Wildman–Crippen MR) is 114 cm³/mol. The van der Waals surface area contributed by atoms with Gasteiger partial charge in [-0.25, -0.2) is 0 Å². The van der Waals surface area contributed by atoms with Gasteiger partial charge in [0, 0.05) is 10.6 Å². The smallest absolute Gasteiger partial charge is 0.301 e. The number of ether oxygens (including phenoxy) is 1. The van der Waals surface area contributed by atoms with E-state index in [2.05, 4.69) is 10.2 Å². The molecule has 3 aromatic rings. The number of benzene rings is 2. The number of aliphatic hydroxyl groups excluding tert-OH is 1. The van der Waals surface area contributed by atoms with Crippen molar-refractivity contribution in [1.82, 2.24) is 10.2 Å². The molecule has 0 spiro atoms. The van der Waals surface area contributed by atoms with E-state index in [1.807, 2.05) is 0 Å². The van der Waals surface area contributed by atoms with Gasteiger partial charge in [-0.3, -0.25) is 14.5 Å². The summed E-state index contributed by atoms with van der Waals surface area (Å²) in [4.78, 5) is 27.2. The number of Topliss-reactive ketones (excluding diaryl/α,β-unsaturated/α-hetero) is 1. The Morgan fingerprint density at radius 3 is 2.33 bits per heavy atom. The SMILES string of the molecule is COc1ccc(C(O)=C2C(=O)C(=O)N(c3nnc(C)s3)[C@@H]2c2ccc(Cl)cc2)cc1. The molecule has 0 bridgehead atoms. The third-order valence-electron chi connectivity index (χ3n) is 4.72. The van der Waals surface area contributed by atoms with Crippen LogP contribution in [-0.2, 0) is 9.59 Å². The van der Waals surface area contributed by atoms with Gasteiger partial charge in [0.15, 0.2) is 0 Å². The molecule has 9 heteroatoms. The zero-order valence-corrected chi connectivity index (χ0v) is 17.6. The Morgan fingerprint density at radius 2 is 1.77 bits per heavy atom. The molecule has 4 rings (SSSR count). The molecule has 30 heavy (non-hydrogen) atoms. The molecule has 2 aromatic carbocycles. The fraction of sp³-hybridized carbons (Fsp3) is 0.143. The third-order valence-corrected chi connectivity index (χ3v) is 5.81. The minimum Gasteiger partial charge on any atom is -0.507 e. The van der Waals surface area contributed by atoms with Crippen LogP contribution in [0, 0.1) is 6.92 Å². The highest BCUT2D eigenvalue weighted by atomic mass is 35.5. The lowest BCUT2D eigenvalue weighted by Crippen LogP contribution is -2.29. The molecule has 0 radical (unpaired) electrons. The van der Waals surface area contributed by atoms with Crippen LogP contribution in [0.25, 0.3) is 5.76 Å². The zero-order chi connectivity index (χ0) is 21.4. The molecule has 0 aliphatic carbocycles. The van der Waals surface area contributed by atoms with Gasteiger partial charge in [-0.2, -0.15) is 0 Å². The minimum absolute atomic E-state index is 0.0275. The van der Waals surface area contributed by atoms with Crippen molar-refractivity contribution in [2.75, 3.05) is 12.0 Å². The van der Waals surface area contributed by atoms with Gasteiger partial charge in [0.2, 0.25) is 5.13 Å². The molecular formula is C21H16ClN3O4S. The number of rotatable bonds is 4. The van der Waals surface area contributed by atoms with Crippen LogP contribution in [-0.4, -0.2) is 34.1 Å². The molecule has 7 nitrogen and oxygen atoms in total. The number of hydrogen-bond acceptors (Lipinski definition) is 7. The van der Waals surface area contributed by atoms with Crippen LogP contribution in [0.1, 0.15) is 22.2 Å². The normalized spacial score (nSPS) is 18.1. The molecular weight excluding hydrogens is 426 g/mol. The van der Waals surface area contributed by atoms with Gasteiger partial charge in [-0.1, -0.05) is 35.1 Å². The molecule has 1 saturated heterocycles. The van der Waals surface area contributed by atoms with E-state index >= 15 is 0 Å². The van der Waals surface area contributed by atoms with Gasteiger partial charge in [0.05, 0.1) is 18.7 Å². The monoisotopic (exact) mass is 441 g/mol. The Morgan fingerprint density at radius 1 is 1.10 bits per heavy atom.